The van der Waals surface area contributed by atoms with Crippen LogP contribution in [-0.4, -0.2) is 21.0 Å². The number of nitrogens with one attached hydrogen (secondary N) is 1. The van der Waals surface area contributed by atoms with Crippen LogP contribution >= 0.6 is 11.6 Å². The van der Waals surface area contributed by atoms with E-state index in [4.69, 9.17) is 11.6 Å². The van der Waals surface area contributed by atoms with Gasteiger partial charge >= 0.3 is 0 Å². The predicted octanol–water partition coefficient (Wildman–Crippen LogP) is 7.14. The van der Waals surface area contributed by atoms with Crippen LogP contribution in [0.15, 0.2) is 54.7 Å². The first kappa shape index (κ1) is 21.1. The Morgan fingerprint density at radius 2 is 1.81 bits per heavy atom. The molecule has 1 N–H and O–H groups in total. The van der Waals surface area contributed by atoms with Gasteiger partial charge in [0, 0.05) is 23.0 Å². The second-order valence-corrected chi connectivity index (χ2v) is 9.26. The van der Waals surface area contributed by atoms with E-state index in [1.165, 1.54) is 24.5 Å². The van der Waals surface area contributed by atoms with Crippen LogP contribution in [0, 0.1) is 11.7 Å². The molecule has 1 aliphatic rings. The van der Waals surface area contributed by atoms with Gasteiger partial charge < -0.3 is 5.32 Å². The number of hydrogen-bond acceptors (Lipinski definition) is 4. The Morgan fingerprint density at radius 1 is 1.00 bits per heavy atom. The largest absolute Gasteiger partial charge is 0.367 e. The monoisotopic (exact) mass is 448 g/mol. The molecule has 6 heteroatoms. The minimum atomic E-state index is -0.197. The Morgan fingerprint density at radius 3 is 2.66 bits per heavy atom. The Balaban J connectivity index is 1.24. The Kier molecular flexibility index (Phi) is 5.92. The summed E-state index contributed by atoms with van der Waals surface area (Å²) < 4.78 is 13.8. The zero-order chi connectivity index (χ0) is 22.1. The van der Waals surface area contributed by atoms with Crippen LogP contribution in [0.4, 0.5) is 10.2 Å². The first-order valence-electron chi connectivity index (χ1n) is 11.3. The van der Waals surface area contributed by atoms with Crippen LogP contribution in [-0.2, 0) is 0 Å². The molecule has 1 atom stereocenters. The molecule has 0 aliphatic heterocycles. The molecule has 1 fully saturated rings. The topological polar surface area (TPSA) is 50.7 Å². The maximum Gasteiger partial charge on any atom is 0.224 e. The molecule has 0 spiro atoms. The minimum absolute atomic E-state index is 0.197. The van der Waals surface area contributed by atoms with E-state index in [0.717, 1.165) is 46.9 Å². The molecule has 0 unspecified atom stereocenters. The Bertz CT molecular complexity index is 1250. The normalized spacial score (nSPS) is 19.8. The van der Waals surface area contributed by atoms with Crippen molar-refractivity contribution in [1.29, 1.82) is 0 Å². The molecule has 0 bridgehead atoms. The van der Waals surface area contributed by atoms with E-state index in [2.05, 4.69) is 33.3 Å². The number of halogens is 2. The highest BCUT2D eigenvalue weighted by Crippen LogP contribution is 2.40. The number of rotatable bonds is 5. The minimum Gasteiger partial charge on any atom is -0.367 e. The van der Waals surface area contributed by atoms with Gasteiger partial charge in [0.25, 0.3) is 0 Å². The van der Waals surface area contributed by atoms with Crippen molar-refractivity contribution < 1.29 is 4.39 Å². The quantitative estimate of drug-likeness (QED) is 0.330. The number of pyridine rings is 1. The highest BCUT2D eigenvalue weighted by molar-refractivity contribution is 6.28. The highest BCUT2D eigenvalue weighted by atomic mass is 35.5. The number of aromatic nitrogens is 3. The second-order valence-electron chi connectivity index (χ2n) is 8.92. The van der Waals surface area contributed by atoms with E-state index in [1.54, 1.807) is 12.1 Å². The van der Waals surface area contributed by atoms with Gasteiger partial charge in [0.1, 0.15) is 11.6 Å². The van der Waals surface area contributed by atoms with Crippen molar-refractivity contribution in [1.82, 2.24) is 15.0 Å². The summed E-state index contributed by atoms with van der Waals surface area (Å²) in [6, 6.07) is 15.2. The molecule has 164 valence electrons. The highest BCUT2D eigenvalue weighted by Gasteiger charge is 2.25. The SMILES string of the molecule is C[C@H](C[C@H]1CC[C@H](c2ccnc3ccc(F)cc32)CC1)Nc1nc(Cl)nc2ccccc12. The van der Waals surface area contributed by atoms with Crippen LogP contribution in [0.5, 0.6) is 0 Å². The van der Waals surface area contributed by atoms with Gasteiger partial charge in [-0.15, -0.1) is 0 Å². The standard InChI is InChI=1S/C26H26ClFN4/c1-16(30-25-21-4-2-3-5-24(21)31-26(27)32-25)14-17-6-8-18(9-7-17)20-12-13-29-23-11-10-19(28)15-22(20)23/h2-5,10-13,15-18H,6-9,14H2,1H3,(H,30,31,32)/t16-,17-,18-/m1/s1. The van der Waals surface area contributed by atoms with Crippen LogP contribution in [0.2, 0.25) is 5.28 Å². The van der Waals surface area contributed by atoms with Crippen molar-refractivity contribution in [3.05, 3.63) is 71.4 Å². The predicted molar refractivity (Wildman–Crippen MR) is 129 cm³/mol. The average Bonchev–Trinajstić information content (AvgIpc) is 2.79. The van der Waals surface area contributed by atoms with Gasteiger partial charge in [-0.1, -0.05) is 12.1 Å². The molecule has 0 radical (unpaired) electrons. The summed E-state index contributed by atoms with van der Waals surface area (Å²) in [5.41, 5.74) is 2.96. The lowest BCUT2D eigenvalue weighted by molar-refractivity contribution is 0.302. The van der Waals surface area contributed by atoms with Crippen LogP contribution in [0.3, 0.4) is 0 Å². The number of nitrogens with zero attached hydrogens (tertiary/aromatic N) is 3. The molecule has 4 aromatic rings. The Hall–Kier alpha value is -2.79. The number of benzene rings is 2. The van der Waals surface area contributed by atoms with Gasteiger partial charge in [0.15, 0.2) is 0 Å². The molecule has 1 saturated carbocycles. The van der Waals surface area contributed by atoms with Crippen LogP contribution < -0.4 is 5.32 Å². The summed E-state index contributed by atoms with van der Waals surface area (Å²) in [5.74, 6) is 1.72. The van der Waals surface area contributed by atoms with E-state index in [-0.39, 0.29) is 17.1 Å². The number of anilines is 1. The smallest absolute Gasteiger partial charge is 0.224 e. The lowest BCUT2D eigenvalue weighted by atomic mass is 9.76. The number of para-hydroxylation sites is 1. The molecule has 4 nitrogen and oxygen atoms in total. The second kappa shape index (κ2) is 8.99. The molecule has 0 saturated heterocycles. The van der Waals surface area contributed by atoms with E-state index >= 15 is 0 Å². The summed E-state index contributed by atoms with van der Waals surface area (Å²) in [4.78, 5) is 13.1. The zero-order valence-corrected chi connectivity index (χ0v) is 18.8. The first-order valence-corrected chi connectivity index (χ1v) is 11.7. The van der Waals surface area contributed by atoms with E-state index in [0.29, 0.717) is 11.8 Å². The lowest BCUT2D eigenvalue weighted by Gasteiger charge is -2.31. The maximum atomic E-state index is 13.8. The van der Waals surface area contributed by atoms with E-state index in [1.807, 2.05) is 30.5 Å². The molecule has 2 aromatic heterocycles. The maximum absolute atomic E-state index is 13.8. The third-order valence-electron chi connectivity index (χ3n) is 6.67. The van der Waals surface area contributed by atoms with Crippen LogP contribution in [0.1, 0.15) is 50.5 Å². The van der Waals surface area contributed by atoms with Gasteiger partial charge in [-0.05, 0) is 104 Å². The summed E-state index contributed by atoms with van der Waals surface area (Å²) >= 11 is 6.13. The molecule has 5 rings (SSSR count). The van der Waals surface area contributed by atoms with Crippen molar-refractivity contribution in [2.24, 2.45) is 5.92 Å². The van der Waals surface area contributed by atoms with Crippen molar-refractivity contribution in [3.8, 4) is 0 Å². The molecule has 0 amide bonds. The average molecular weight is 449 g/mol. The zero-order valence-electron chi connectivity index (χ0n) is 18.1. The summed E-state index contributed by atoms with van der Waals surface area (Å²) in [5, 5.41) is 5.77. The molecule has 2 aromatic carbocycles. The van der Waals surface area contributed by atoms with Crippen molar-refractivity contribution in [2.45, 2.75) is 51.0 Å². The fourth-order valence-corrected chi connectivity index (χ4v) is 5.33. The third-order valence-corrected chi connectivity index (χ3v) is 6.84. The fraction of sp³-hybridized carbons (Fsp3) is 0.346. The first-order chi connectivity index (χ1) is 15.6. The lowest BCUT2D eigenvalue weighted by Crippen LogP contribution is -2.23. The van der Waals surface area contributed by atoms with Crippen molar-refractivity contribution >= 4 is 39.2 Å². The van der Waals surface area contributed by atoms with Crippen LogP contribution in [0.25, 0.3) is 21.8 Å². The molecular formula is C26H26ClFN4. The van der Waals surface area contributed by atoms with Gasteiger partial charge in [0.05, 0.1) is 11.0 Å². The third kappa shape index (κ3) is 4.40. The van der Waals surface area contributed by atoms with E-state index in [9.17, 15) is 4.39 Å². The van der Waals surface area contributed by atoms with Crippen molar-refractivity contribution in [2.75, 3.05) is 5.32 Å². The van der Waals surface area contributed by atoms with Gasteiger partial charge in [-0.3, -0.25) is 4.98 Å². The number of hydrogen-bond donors (Lipinski definition) is 1. The fourth-order valence-electron chi connectivity index (χ4n) is 5.16. The van der Waals surface area contributed by atoms with E-state index < -0.39 is 0 Å². The molecule has 32 heavy (non-hydrogen) atoms. The number of fused-ring (bicyclic) bond motifs is 2. The summed E-state index contributed by atoms with van der Waals surface area (Å²) in [6.07, 6.45) is 7.51. The summed E-state index contributed by atoms with van der Waals surface area (Å²) in [6.45, 7) is 2.20. The molecule has 1 aliphatic carbocycles. The van der Waals surface area contributed by atoms with Crippen molar-refractivity contribution in [3.63, 3.8) is 0 Å². The van der Waals surface area contributed by atoms with Gasteiger partial charge in [-0.25, -0.2) is 14.4 Å². The summed E-state index contributed by atoms with van der Waals surface area (Å²) in [7, 11) is 0. The molecule has 2 heterocycles. The van der Waals surface area contributed by atoms with Gasteiger partial charge in [0.2, 0.25) is 5.28 Å². The molecular weight excluding hydrogens is 423 g/mol. The Labute approximate surface area is 192 Å². The van der Waals surface area contributed by atoms with Gasteiger partial charge in [-0.2, -0.15) is 0 Å².